The van der Waals surface area contributed by atoms with E-state index in [9.17, 15) is 4.79 Å². The quantitative estimate of drug-likeness (QED) is 0.803. The number of carbonyl (C=O) groups is 1. The number of benzene rings is 1. The Morgan fingerprint density at radius 3 is 3.17 bits per heavy atom. The van der Waals surface area contributed by atoms with Crippen LogP contribution in [0.2, 0.25) is 5.02 Å². The van der Waals surface area contributed by atoms with Gasteiger partial charge in [-0.25, -0.2) is 4.68 Å². The number of aryl methyl sites for hydroxylation is 1. The number of likely N-dealkylation sites (tertiary alicyclic amines) is 1. The van der Waals surface area contributed by atoms with Crippen molar-refractivity contribution >= 4 is 17.5 Å². The smallest absolute Gasteiger partial charge is 0.254 e. The molecule has 0 radical (unpaired) electrons. The molecule has 2 aliphatic heterocycles. The van der Waals surface area contributed by atoms with E-state index in [1.165, 1.54) is 0 Å². The Hall–Kier alpha value is -1.92. The minimum absolute atomic E-state index is 0.0106. The SMILES string of the molecule is Cc1ccc(Cl)cc1C(=O)N1CC[C@H]2[C@H](C1)OCc1cnnn12. The number of aromatic nitrogens is 3. The monoisotopic (exact) mass is 332 g/mol. The number of halogens is 1. The van der Waals surface area contributed by atoms with Crippen molar-refractivity contribution in [2.45, 2.75) is 32.1 Å². The summed E-state index contributed by atoms with van der Waals surface area (Å²) in [5.74, 6) is 0.0106. The fourth-order valence-corrected chi connectivity index (χ4v) is 3.54. The Labute approximate surface area is 139 Å². The Morgan fingerprint density at radius 2 is 2.30 bits per heavy atom. The lowest BCUT2D eigenvalue weighted by molar-refractivity contribution is -0.0627. The summed E-state index contributed by atoms with van der Waals surface area (Å²) in [5.41, 5.74) is 2.59. The van der Waals surface area contributed by atoms with Gasteiger partial charge in [0.15, 0.2) is 0 Å². The molecular weight excluding hydrogens is 316 g/mol. The summed E-state index contributed by atoms with van der Waals surface area (Å²) in [6.07, 6.45) is 2.51. The van der Waals surface area contributed by atoms with Crippen molar-refractivity contribution in [2.24, 2.45) is 0 Å². The summed E-state index contributed by atoms with van der Waals surface area (Å²) < 4.78 is 7.86. The molecule has 2 atom stereocenters. The summed E-state index contributed by atoms with van der Waals surface area (Å²) in [7, 11) is 0. The number of amides is 1. The third-order valence-corrected chi connectivity index (χ3v) is 4.89. The maximum absolute atomic E-state index is 12.8. The molecule has 120 valence electrons. The molecule has 6 nitrogen and oxygen atoms in total. The van der Waals surface area contributed by atoms with Gasteiger partial charge in [-0.2, -0.15) is 0 Å². The highest BCUT2D eigenvalue weighted by Crippen LogP contribution is 2.31. The summed E-state index contributed by atoms with van der Waals surface area (Å²) in [5, 5.41) is 8.69. The van der Waals surface area contributed by atoms with Gasteiger partial charge >= 0.3 is 0 Å². The Kier molecular flexibility index (Phi) is 3.58. The average molecular weight is 333 g/mol. The van der Waals surface area contributed by atoms with Crippen LogP contribution in [0.15, 0.2) is 24.4 Å². The van der Waals surface area contributed by atoms with Crippen LogP contribution >= 0.6 is 11.6 Å². The molecule has 7 heteroatoms. The van der Waals surface area contributed by atoms with Crippen LogP contribution in [0.3, 0.4) is 0 Å². The molecule has 1 amide bonds. The van der Waals surface area contributed by atoms with Gasteiger partial charge in [-0.15, -0.1) is 5.10 Å². The third kappa shape index (κ3) is 2.52. The van der Waals surface area contributed by atoms with E-state index < -0.39 is 0 Å². The fourth-order valence-electron chi connectivity index (χ4n) is 3.37. The maximum atomic E-state index is 12.8. The molecule has 0 N–H and O–H groups in total. The second-order valence-corrected chi connectivity index (χ2v) is 6.52. The normalized spacial score (nSPS) is 23.3. The number of hydrogen-bond donors (Lipinski definition) is 0. The molecule has 3 heterocycles. The van der Waals surface area contributed by atoms with Gasteiger partial charge in [0.25, 0.3) is 5.91 Å². The van der Waals surface area contributed by atoms with Crippen molar-refractivity contribution in [2.75, 3.05) is 13.1 Å². The highest BCUT2D eigenvalue weighted by atomic mass is 35.5. The highest BCUT2D eigenvalue weighted by Gasteiger charge is 2.38. The lowest BCUT2D eigenvalue weighted by Gasteiger charge is -2.41. The minimum Gasteiger partial charge on any atom is -0.368 e. The summed E-state index contributed by atoms with van der Waals surface area (Å²) >= 11 is 6.04. The number of nitrogens with zero attached hydrogens (tertiary/aromatic N) is 4. The van der Waals surface area contributed by atoms with Crippen molar-refractivity contribution in [1.29, 1.82) is 0 Å². The van der Waals surface area contributed by atoms with Crippen molar-refractivity contribution < 1.29 is 9.53 Å². The molecule has 0 aliphatic carbocycles. The molecule has 2 aromatic rings. The fraction of sp³-hybridized carbons (Fsp3) is 0.438. The molecular formula is C16H17ClN4O2. The van der Waals surface area contributed by atoms with E-state index in [-0.39, 0.29) is 18.1 Å². The van der Waals surface area contributed by atoms with Gasteiger partial charge in [0.1, 0.15) is 0 Å². The van der Waals surface area contributed by atoms with Gasteiger partial charge in [-0.3, -0.25) is 4.79 Å². The second kappa shape index (κ2) is 5.62. The average Bonchev–Trinajstić information content (AvgIpc) is 3.05. The van der Waals surface area contributed by atoms with Crippen LogP contribution in [0.5, 0.6) is 0 Å². The number of piperidine rings is 1. The standard InChI is InChI=1S/C16H17ClN4O2/c1-10-2-3-11(17)6-13(10)16(22)20-5-4-14-15(8-20)23-9-12-7-18-19-21(12)14/h2-3,6-7,14-15H,4-5,8-9H2,1H3/t14-,15-/m0/s1. The molecule has 1 fully saturated rings. The van der Waals surface area contributed by atoms with Crippen molar-refractivity contribution in [3.8, 4) is 0 Å². The topological polar surface area (TPSA) is 60.3 Å². The molecule has 1 aromatic carbocycles. The summed E-state index contributed by atoms with van der Waals surface area (Å²) in [6, 6.07) is 5.57. The van der Waals surface area contributed by atoms with Gasteiger partial charge in [0, 0.05) is 23.7 Å². The first-order valence-electron chi connectivity index (χ1n) is 7.69. The van der Waals surface area contributed by atoms with Crippen LogP contribution in [0.4, 0.5) is 0 Å². The number of ether oxygens (including phenoxy) is 1. The second-order valence-electron chi connectivity index (χ2n) is 6.09. The van der Waals surface area contributed by atoms with Crippen LogP contribution in [0, 0.1) is 6.92 Å². The number of carbonyl (C=O) groups excluding carboxylic acids is 1. The van der Waals surface area contributed by atoms with Crippen molar-refractivity contribution in [1.82, 2.24) is 19.9 Å². The van der Waals surface area contributed by atoms with Gasteiger partial charge < -0.3 is 9.64 Å². The van der Waals surface area contributed by atoms with E-state index in [0.29, 0.717) is 30.3 Å². The van der Waals surface area contributed by atoms with Crippen LogP contribution < -0.4 is 0 Å². The lowest BCUT2D eigenvalue weighted by atomic mass is 9.98. The predicted molar refractivity (Wildman–Crippen MR) is 84.3 cm³/mol. The molecule has 1 aromatic heterocycles. The first kappa shape index (κ1) is 14.7. The number of fused-ring (bicyclic) bond motifs is 3. The van der Waals surface area contributed by atoms with Crippen LogP contribution in [-0.4, -0.2) is 45.0 Å². The molecule has 2 aliphatic rings. The Balaban J connectivity index is 1.55. The van der Waals surface area contributed by atoms with E-state index >= 15 is 0 Å². The molecule has 0 bridgehead atoms. The van der Waals surface area contributed by atoms with Crippen molar-refractivity contribution in [3.05, 3.63) is 46.2 Å². The van der Waals surface area contributed by atoms with Crippen LogP contribution in [0.25, 0.3) is 0 Å². The summed E-state index contributed by atoms with van der Waals surface area (Å²) in [4.78, 5) is 14.7. The van der Waals surface area contributed by atoms with E-state index in [4.69, 9.17) is 16.3 Å². The first-order chi connectivity index (χ1) is 11.1. The maximum Gasteiger partial charge on any atom is 0.254 e. The van der Waals surface area contributed by atoms with Gasteiger partial charge in [0.05, 0.1) is 30.6 Å². The predicted octanol–water partition coefficient (Wildman–Crippen LogP) is 2.23. The Morgan fingerprint density at radius 1 is 1.43 bits per heavy atom. The molecule has 1 saturated heterocycles. The largest absolute Gasteiger partial charge is 0.368 e. The van der Waals surface area contributed by atoms with Crippen LogP contribution in [-0.2, 0) is 11.3 Å². The summed E-state index contributed by atoms with van der Waals surface area (Å²) in [6.45, 7) is 3.66. The van der Waals surface area contributed by atoms with E-state index in [2.05, 4.69) is 10.3 Å². The first-order valence-corrected chi connectivity index (χ1v) is 8.07. The van der Waals surface area contributed by atoms with Gasteiger partial charge in [0.2, 0.25) is 0 Å². The highest BCUT2D eigenvalue weighted by molar-refractivity contribution is 6.31. The van der Waals surface area contributed by atoms with Crippen LogP contribution in [0.1, 0.15) is 34.1 Å². The molecule has 0 spiro atoms. The van der Waals surface area contributed by atoms with Gasteiger partial charge in [-0.05, 0) is 31.0 Å². The third-order valence-electron chi connectivity index (χ3n) is 4.65. The van der Waals surface area contributed by atoms with Gasteiger partial charge in [-0.1, -0.05) is 22.9 Å². The molecule has 23 heavy (non-hydrogen) atoms. The number of rotatable bonds is 1. The van der Waals surface area contributed by atoms with E-state index in [0.717, 1.165) is 17.7 Å². The molecule has 0 unspecified atom stereocenters. The zero-order valence-corrected chi connectivity index (χ0v) is 13.5. The minimum atomic E-state index is -0.0404. The lowest BCUT2D eigenvalue weighted by Crippen LogP contribution is -2.50. The molecule has 0 saturated carbocycles. The molecule has 4 rings (SSSR count). The Bertz CT molecular complexity index is 760. The van der Waals surface area contributed by atoms with E-state index in [1.54, 1.807) is 18.3 Å². The zero-order chi connectivity index (χ0) is 16.0. The zero-order valence-electron chi connectivity index (χ0n) is 12.8. The van der Waals surface area contributed by atoms with E-state index in [1.807, 2.05) is 22.6 Å². The number of hydrogen-bond acceptors (Lipinski definition) is 4. The van der Waals surface area contributed by atoms with Crippen molar-refractivity contribution in [3.63, 3.8) is 0 Å².